The van der Waals surface area contributed by atoms with Crippen LogP contribution in [0.2, 0.25) is 0 Å². The molecule has 0 spiro atoms. The highest BCUT2D eigenvalue weighted by Gasteiger charge is 2.14. The van der Waals surface area contributed by atoms with Gasteiger partial charge in [0.25, 0.3) is 0 Å². The molecule has 0 aliphatic rings. The number of carbonyl (C=O) groups is 2. The molecule has 0 radical (unpaired) electrons. The van der Waals surface area contributed by atoms with Crippen molar-refractivity contribution in [2.75, 3.05) is 6.61 Å². The van der Waals surface area contributed by atoms with Gasteiger partial charge in [-0.1, -0.05) is 42.5 Å². The van der Waals surface area contributed by atoms with Gasteiger partial charge in [-0.05, 0) is 36.6 Å². The van der Waals surface area contributed by atoms with E-state index >= 15 is 0 Å². The van der Waals surface area contributed by atoms with Gasteiger partial charge >= 0.3 is 5.97 Å². The van der Waals surface area contributed by atoms with Crippen LogP contribution in [0.3, 0.4) is 0 Å². The van der Waals surface area contributed by atoms with E-state index in [9.17, 15) is 9.59 Å². The number of carbonyl (C=O) groups excluding carboxylic acids is 1. The molecule has 2 N–H and O–H groups in total. The Labute approximate surface area is 147 Å². The zero-order chi connectivity index (χ0) is 18.1. The quantitative estimate of drug-likeness (QED) is 0.686. The Bertz CT molecular complexity index is 683. The molecule has 2 aromatic rings. The summed E-state index contributed by atoms with van der Waals surface area (Å²) in [6.45, 7) is 2.71. The summed E-state index contributed by atoms with van der Waals surface area (Å²) in [7, 11) is 0. The van der Waals surface area contributed by atoms with Crippen molar-refractivity contribution in [3.63, 3.8) is 0 Å². The predicted molar refractivity (Wildman–Crippen MR) is 95.5 cm³/mol. The maximum atomic E-state index is 12.2. The Hall–Kier alpha value is -2.82. The molecule has 0 saturated carbocycles. The minimum Gasteiger partial charge on any atom is -0.494 e. The van der Waals surface area contributed by atoms with Gasteiger partial charge in [-0.25, -0.2) is 0 Å². The van der Waals surface area contributed by atoms with Crippen molar-refractivity contribution in [3.05, 3.63) is 65.7 Å². The SMILES string of the molecule is C[C@H](C(=O)NCc1ccc(OCCCC(=O)O)cc1)c1ccccc1. The molecule has 0 aliphatic carbocycles. The number of rotatable bonds is 9. The molecule has 5 heteroatoms. The van der Waals surface area contributed by atoms with Crippen LogP contribution in [0, 0.1) is 0 Å². The van der Waals surface area contributed by atoms with Gasteiger partial charge in [0.15, 0.2) is 0 Å². The number of carboxylic acid groups (broad SMARTS) is 1. The Morgan fingerprint density at radius 2 is 1.76 bits per heavy atom. The van der Waals surface area contributed by atoms with E-state index in [1.807, 2.05) is 61.5 Å². The average Bonchev–Trinajstić information content (AvgIpc) is 2.64. The van der Waals surface area contributed by atoms with Crippen molar-refractivity contribution in [2.24, 2.45) is 0 Å². The first-order chi connectivity index (χ1) is 12.1. The van der Waals surface area contributed by atoms with E-state index in [1.54, 1.807) is 0 Å². The molecular formula is C20H23NO4. The van der Waals surface area contributed by atoms with Crippen molar-refractivity contribution in [1.82, 2.24) is 5.32 Å². The highest BCUT2D eigenvalue weighted by Crippen LogP contribution is 2.16. The van der Waals surface area contributed by atoms with Crippen LogP contribution < -0.4 is 10.1 Å². The van der Waals surface area contributed by atoms with Gasteiger partial charge in [-0.15, -0.1) is 0 Å². The monoisotopic (exact) mass is 341 g/mol. The summed E-state index contributed by atoms with van der Waals surface area (Å²) in [6, 6.07) is 17.1. The lowest BCUT2D eigenvalue weighted by atomic mass is 10.0. The molecule has 1 amide bonds. The molecule has 1 atom stereocenters. The molecule has 0 saturated heterocycles. The largest absolute Gasteiger partial charge is 0.494 e. The first-order valence-corrected chi connectivity index (χ1v) is 8.32. The van der Waals surface area contributed by atoms with E-state index in [-0.39, 0.29) is 18.2 Å². The second kappa shape index (κ2) is 9.47. The number of amides is 1. The minimum absolute atomic E-state index is 0.0137. The smallest absolute Gasteiger partial charge is 0.303 e. The fraction of sp³-hybridized carbons (Fsp3) is 0.300. The number of nitrogens with one attached hydrogen (secondary N) is 1. The maximum absolute atomic E-state index is 12.2. The van der Waals surface area contributed by atoms with Crippen LogP contribution in [0.5, 0.6) is 5.75 Å². The van der Waals surface area contributed by atoms with Gasteiger partial charge in [-0.2, -0.15) is 0 Å². The van der Waals surface area contributed by atoms with E-state index in [0.29, 0.717) is 25.3 Å². The lowest BCUT2D eigenvalue weighted by molar-refractivity contribution is -0.137. The molecule has 0 fully saturated rings. The zero-order valence-corrected chi connectivity index (χ0v) is 14.3. The normalized spacial score (nSPS) is 11.6. The van der Waals surface area contributed by atoms with Crippen molar-refractivity contribution >= 4 is 11.9 Å². The Morgan fingerprint density at radius 3 is 2.40 bits per heavy atom. The van der Waals surface area contributed by atoms with Crippen LogP contribution >= 0.6 is 0 Å². The van der Waals surface area contributed by atoms with E-state index in [4.69, 9.17) is 9.84 Å². The van der Waals surface area contributed by atoms with E-state index in [2.05, 4.69) is 5.32 Å². The third-order valence-electron chi connectivity index (χ3n) is 3.89. The van der Waals surface area contributed by atoms with Crippen LogP contribution in [-0.4, -0.2) is 23.6 Å². The van der Waals surface area contributed by atoms with Gasteiger partial charge < -0.3 is 15.2 Å². The fourth-order valence-corrected chi connectivity index (χ4v) is 2.35. The van der Waals surface area contributed by atoms with Crippen LogP contribution in [0.25, 0.3) is 0 Å². The van der Waals surface area contributed by atoms with E-state index < -0.39 is 5.97 Å². The summed E-state index contributed by atoms with van der Waals surface area (Å²) in [4.78, 5) is 22.7. The summed E-state index contributed by atoms with van der Waals surface area (Å²) < 4.78 is 5.48. The molecule has 2 aromatic carbocycles. The Balaban J connectivity index is 1.77. The number of hydrogen-bond donors (Lipinski definition) is 2. The Kier molecular flexibility index (Phi) is 7.01. The van der Waals surface area contributed by atoms with Crippen LogP contribution in [0.1, 0.15) is 36.8 Å². The summed E-state index contributed by atoms with van der Waals surface area (Å²) in [5.74, 6) is -0.337. The van der Waals surface area contributed by atoms with Gasteiger partial charge in [0.2, 0.25) is 5.91 Å². The third kappa shape index (κ3) is 6.30. The van der Waals surface area contributed by atoms with Crippen molar-refractivity contribution in [3.8, 4) is 5.75 Å². The lowest BCUT2D eigenvalue weighted by Gasteiger charge is -2.13. The molecule has 0 heterocycles. The van der Waals surface area contributed by atoms with Crippen LogP contribution in [0.4, 0.5) is 0 Å². The number of hydrogen-bond acceptors (Lipinski definition) is 3. The molecule has 132 valence electrons. The standard InChI is InChI=1S/C20H23NO4/c1-15(17-6-3-2-4-7-17)20(24)21-14-16-9-11-18(12-10-16)25-13-5-8-19(22)23/h2-4,6-7,9-12,15H,5,8,13-14H2,1H3,(H,21,24)(H,22,23)/t15-/m0/s1. The van der Waals surface area contributed by atoms with Crippen LogP contribution in [0.15, 0.2) is 54.6 Å². The highest BCUT2D eigenvalue weighted by atomic mass is 16.5. The summed E-state index contributed by atoms with van der Waals surface area (Å²) >= 11 is 0. The van der Waals surface area contributed by atoms with Crippen molar-refractivity contribution in [2.45, 2.75) is 32.2 Å². The maximum Gasteiger partial charge on any atom is 0.303 e. The summed E-state index contributed by atoms with van der Waals surface area (Å²) in [5, 5.41) is 11.5. The summed E-state index contributed by atoms with van der Waals surface area (Å²) in [5.41, 5.74) is 1.97. The number of benzene rings is 2. The number of ether oxygens (including phenoxy) is 1. The minimum atomic E-state index is -0.820. The second-order valence-corrected chi connectivity index (χ2v) is 5.84. The second-order valence-electron chi connectivity index (χ2n) is 5.84. The molecule has 5 nitrogen and oxygen atoms in total. The molecule has 25 heavy (non-hydrogen) atoms. The van der Waals surface area contributed by atoms with E-state index in [1.165, 1.54) is 0 Å². The van der Waals surface area contributed by atoms with Gasteiger partial charge in [0.1, 0.15) is 5.75 Å². The zero-order valence-electron chi connectivity index (χ0n) is 14.3. The predicted octanol–water partition coefficient (Wildman–Crippen LogP) is 3.35. The molecule has 2 rings (SSSR count). The van der Waals surface area contributed by atoms with E-state index in [0.717, 1.165) is 11.1 Å². The number of carboxylic acids is 1. The van der Waals surface area contributed by atoms with Crippen molar-refractivity contribution < 1.29 is 19.4 Å². The van der Waals surface area contributed by atoms with Crippen LogP contribution in [-0.2, 0) is 16.1 Å². The average molecular weight is 341 g/mol. The fourth-order valence-electron chi connectivity index (χ4n) is 2.35. The summed E-state index contributed by atoms with van der Waals surface area (Å²) in [6.07, 6.45) is 0.578. The van der Waals surface area contributed by atoms with Gasteiger partial charge in [0, 0.05) is 13.0 Å². The highest BCUT2D eigenvalue weighted by molar-refractivity contribution is 5.83. The molecule has 0 unspecified atom stereocenters. The molecule has 0 bridgehead atoms. The first kappa shape index (κ1) is 18.5. The first-order valence-electron chi connectivity index (χ1n) is 8.32. The number of aliphatic carboxylic acids is 1. The van der Waals surface area contributed by atoms with Crippen molar-refractivity contribution in [1.29, 1.82) is 0 Å². The molecule has 0 aromatic heterocycles. The topological polar surface area (TPSA) is 75.6 Å². The molecule has 0 aliphatic heterocycles. The lowest BCUT2D eigenvalue weighted by Crippen LogP contribution is -2.27. The molecular weight excluding hydrogens is 318 g/mol. The third-order valence-corrected chi connectivity index (χ3v) is 3.89. The Morgan fingerprint density at radius 1 is 1.08 bits per heavy atom. The van der Waals surface area contributed by atoms with Gasteiger partial charge in [-0.3, -0.25) is 9.59 Å². The van der Waals surface area contributed by atoms with Gasteiger partial charge in [0.05, 0.1) is 12.5 Å².